The normalized spacial score (nSPS) is 12.1. The zero-order chi connectivity index (χ0) is 19.8. The molecule has 146 valence electrons. The van der Waals surface area contributed by atoms with Gasteiger partial charge in [0.2, 0.25) is 0 Å². The van der Waals surface area contributed by atoms with Crippen LogP contribution >= 0.6 is 0 Å². The van der Waals surface area contributed by atoms with E-state index >= 15 is 0 Å². The first-order valence-corrected chi connectivity index (χ1v) is 9.79. The van der Waals surface area contributed by atoms with E-state index in [-0.39, 0.29) is 6.61 Å². The van der Waals surface area contributed by atoms with Crippen molar-refractivity contribution in [1.82, 2.24) is 4.90 Å². The molecule has 3 aromatic rings. The number of aliphatic hydroxyl groups excluding tert-OH is 1. The molecule has 0 heterocycles. The molecule has 1 atom stereocenters. The predicted octanol–water partition coefficient (Wildman–Crippen LogP) is 4.75. The fraction of sp³-hybridized carbons (Fsp3) is 0.280. The molecule has 0 saturated heterocycles. The third-order valence-electron chi connectivity index (χ3n) is 4.90. The highest BCUT2D eigenvalue weighted by Gasteiger charge is 2.15. The average molecular weight is 376 g/mol. The van der Waals surface area contributed by atoms with E-state index in [0.29, 0.717) is 6.54 Å². The van der Waals surface area contributed by atoms with Crippen LogP contribution in [0.25, 0.3) is 0 Å². The summed E-state index contributed by atoms with van der Waals surface area (Å²) < 4.78 is 5.85. The van der Waals surface area contributed by atoms with E-state index in [1.54, 1.807) is 0 Å². The van der Waals surface area contributed by atoms with Gasteiger partial charge in [-0.05, 0) is 42.2 Å². The van der Waals surface area contributed by atoms with Gasteiger partial charge in [-0.15, -0.1) is 0 Å². The molecule has 0 fully saturated rings. The molecule has 0 saturated carbocycles. The maximum absolute atomic E-state index is 10.6. The van der Waals surface area contributed by atoms with Crippen molar-refractivity contribution in [2.24, 2.45) is 0 Å². The maximum Gasteiger partial charge on any atom is 0.122 e. The van der Waals surface area contributed by atoms with Crippen molar-refractivity contribution in [3.05, 3.63) is 101 Å². The summed E-state index contributed by atoms with van der Waals surface area (Å²) in [5, 5.41) is 10.6. The molecule has 1 N–H and O–H groups in total. The first-order valence-electron chi connectivity index (χ1n) is 9.79. The second-order valence-corrected chi connectivity index (χ2v) is 7.31. The van der Waals surface area contributed by atoms with Gasteiger partial charge >= 0.3 is 0 Å². The lowest BCUT2D eigenvalue weighted by atomic mass is 10.1. The monoisotopic (exact) mass is 375 g/mol. The van der Waals surface area contributed by atoms with Gasteiger partial charge in [0.25, 0.3) is 0 Å². The molecule has 0 amide bonds. The number of benzene rings is 3. The number of hydrogen-bond acceptors (Lipinski definition) is 3. The van der Waals surface area contributed by atoms with Crippen LogP contribution in [0.15, 0.2) is 78.9 Å². The average Bonchev–Trinajstić information content (AvgIpc) is 2.70. The summed E-state index contributed by atoms with van der Waals surface area (Å²) in [6.45, 7) is 6.56. The second-order valence-electron chi connectivity index (χ2n) is 7.31. The van der Waals surface area contributed by atoms with E-state index in [1.165, 1.54) is 16.7 Å². The van der Waals surface area contributed by atoms with Crippen molar-refractivity contribution in [3.8, 4) is 5.75 Å². The summed E-state index contributed by atoms with van der Waals surface area (Å²) in [7, 11) is 0. The van der Waals surface area contributed by atoms with Crippen LogP contribution in [0.2, 0.25) is 0 Å². The SMILES string of the molecule is Cc1ccccc1CN(Cc1ccccc1)C[C@@H](O)COc1ccccc1C. The summed E-state index contributed by atoms with van der Waals surface area (Å²) in [6.07, 6.45) is -0.563. The first-order chi connectivity index (χ1) is 13.6. The number of aryl methyl sites for hydroxylation is 2. The number of ether oxygens (including phenoxy) is 1. The van der Waals surface area contributed by atoms with Crippen LogP contribution in [0.3, 0.4) is 0 Å². The van der Waals surface area contributed by atoms with Crippen LogP contribution in [0, 0.1) is 13.8 Å². The fourth-order valence-electron chi connectivity index (χ4n) is 3.31. The van der Waals surface area contributed by atoms with Gasteiger partial charge in [0.15, 0.2) is 0 Å². The molecule has 0 bridgehead atoms. The number of hydrogen-bond donors (Lipinski definition) is 1. The molecule has 0 aromatic heterocycles. The van der Waals surface area contributed by atoms with E-state index in [9.17, 15) is 5.11 Å². The largest absolute Gasteiger partial charge is 0.491 e. The van der Waals surface area contributed by atoms with Crippen LogP contribution in [0.1, 0.15) is 22.3 Å². The second kappa shape index (κ2) is 10.1. The first kappa shape index (κ1) is 20.1. The molecule has 28 heavy (non-hydrogen) atoms. The standard InChI is InChI=1S/C25H29NO2/c1-20-10-6-8-14-23(20)17-26(16-22-12-4-3-5-13-22)18-24(27)19-28-25-15-9-7-11-21(25)2/h3-15,24,27H,16-19H2,1-2H3/t24-/m1/s1. The number of rotatable bonds is 9. The molecule has 0 radical (unpaired) electrons. The molecule has 3 heteroatoms. The van der Waals surface area contributed by atoms with E-state index in [0.717, 1.165) is 24.4 Å². The van der Waals surface area contributed by atoms with E-state index in [2.05, 4.69) is 60.4 Å². The summed E-state index contributed by atoms with van der Waals surface area (Å²) in [5.74, 6) is 0.829. The zero-order valence-corrected chi connectivity index (χ0v) is 16.7. The van der Waals surface area contributed by atoms with E-state index < -0.39 is 6.10 Å². The van der Waals surface area contributed by atoms with Crippen molar-refractivity contribution in [3.63, 3.8) is 0 Å². The molecule has 0 aliphatic rings. The quantitative estimate of drug-likeness (QED) is 0.586. The molecule has 0 unspecified atom stereocenters. The number of nitrogens with zero attached hydrogens (tertiary/aromatic N) is 1. The Labute approximate surface area is 168 Å². The molecule has 3 nitrogen and oxygen atoms in total. The Balaban J connectivity index is 1.65. The van der Waals surface area contributed by atoms with Gasteiger partial charge in [-0.2, -0.15) is 0 Å². The molecule has 3 aromatic carbocycles. The van der Waals surface area contributed by atoms with Crippen LogP contribution in [-0.4, -0.2) is 29.3 Å². The highest BCUT2D eigenvalue weighted by Crippen LogP contribution is 2.17. The Hall–Kier alpha value is -2.62. The molecule has 0 aliphatic carbocycles. The van der Waals surface area contributed by atoms with Crippen LogP contribution < -0.4 is 4.74 Å². The highest BCUT2D eigenvalue weighted by atomic mass is 16.5. The van der Waals surface area contributed by atoms with Crippen molar-refractivity contribution in [2.45, 2.75) is 33.0 Å². The Morgan fingerprint density at radius 2 is 1.43 bits per heavy atom. The Kier molecular flexibility index (Phi) is 7.24. The smallest absolute Gasteiger partial charge is 0.122 e. The van der Waals surface area contributed by atoms with Crippen molar-refractivity contribution >= 4 is 0 Å². The Bertz CT molecular complexity index is 863. The lowest BCUT2D eigenvalue weighted by Gasteiger charge is -2.26. The summed E-state index contributed by atoms with van der Waals surface area (Å²) in [5.41, 5.74) is 4.87. The zero-order valence-electron chi connectivity index (χ0n) is 16.7. The topological polar surface area (TPSA) is 32.7 Å². The summed E-state index contributed by atoms with van der Waals surface area (Å²) in [4.78, 5) is 2.28. The van der Waals surface area contributed by atoms with E-state index in [4.69, 9.17) is 4.74 Å². The third kappa shape index (κ3) is 5.95. The molecular formula is C25H29NO2. The minimum absolute atomic E-state index is 0.282. The van der Waals surface area contributed by atoms with Gasteiger partial charge in [-0.3, -0.25) is 4.90 Å². The fourth-order valence-corrected chi connectivity index (χ4v) is 3.31. The molecule has 3 rings (SSSR count). The minimum atomic E-state index is -0.563. The maximum atomic E-state index is 10.6. The van der Waals surface area contributed by atoms with Gasteiger partial charge < -0.3 is 9.84 Å². The van der Waals surface area contributed by atoms with Gasteiger partial charge in [0, 0.05) is 19.6 Å². The van der Waals surface area contributed by atoms with Gasteiger partial charge in [0.05, 0.1) is 0 Å². The van der Waals surface area contributed by atoms with Crippen molar-refractivity contribution < 1.29 is 9.84 Å². The third-order valence-corrected chi connectivity index (χ3v) is 4.90. The van der Waals surface area contributed by atoms with Crippen molar-refractivity contribution in [1.29, 1.82) is 0 Å². The lowest BCUT2D eigenvalue weighted by Crippen LogP contribution is -2.35. The Morgan fingerprint density at radius 3 is 2.14 bits per heavy atom. The van der Waals surface area contributed by atoms with Gasteiger partial charge in [-0.1, -0.05) is 72.8 Å². The number of aliphatic hydroxyl groups is 1. The molecule has 0 spiro atoms. The number of para-hydroxylation sites is 1. The lowest BCUT2D eigenvalue weighted by molar-refractivity contribution is 0.0625. The van der Waals surface area contributed by atoms with Crippen LogP contribution in [-0.2, 0) is 13.1 Å². The molecule has 0 aliphatic heterocycles. The minimum Gasteiger partial charge on any atom is -0.491 e. The Morgan fingerprint density at radius 1 is 0.786 bits per heavy atom. The predicted molar refractivity (Wildman–Crippen MR) is 114 cm³/mol. The van der Waals surface area contributed by atoms with Crippen LogP contribution in [0.4, 0.5) is 0 Å². The molecular weight excluding hydrogens is 346 g/mol. The van der Waals surface area contributed by atoms with Crippen LogP contribution in [0.5, 0.6) is 5.75 Å². The highest BCUT2D eigenvalue weighted by molar-refractivity contribution is 5.31. The summed E-state index contributed by atoms with van der Waals surface area (Å²) >= 11 is 0. The van der Waals surface area contributed by atoms with Gasteiger partial charge in [0.1, 0.15) is 18.5 Å². The van der Waals surface area contributed by atoms with E-state index in [1.807, 2.05) is 37.3 Å². The summed E-state index contributed by atoms with van der Waals surface area (Å²) in [6, 6.07) is 26.7. The van der Waals surface area contributed by atoms with Gasteiger partial charge in [-0.25, -0.2) is 0 Å². The van der Waals surface area contributed by atoms with Crippen molar-refractivity contribution in [2.75, 3.05) is 13.2 Å².